The lowest BCUT2D eigenvalue weighted by Gasteiger charge is -2.38. The highest BCUT2D eigenvalue weighted by Gasteiger charge is 2.32. The Bertz CT molecular complexity index is 635. The summed E-state index contributed by atoms with van der Waals surface area (Å²) in [4.78, 5) is 11.9. The second-order valence-electron chi connectivity index (χ2n) is 5.45. The Morgan fingerprint density at radius 2 is 2.00 bits per heavy atom. The predicted molar refractivity (Wildman–Crippen MR) is 79.8 cm³/mol. The second kappa shape index (κ2) is 5.23. The van der Waals surface area contributed by atoms with Gasteiger partial charge in [-0.05, 0) is 29.8 Å². The molecule has 1 amide bonds. The standard InChI is InChI=1S/C16H18N2O2/c1-16(10-17-11-16)20-9-15(19)18-14-7-6-12-4-2-3-5-13(12)8-14/h2-8,17H,9-11H2,1H3,(H,18,19). The molecule has 104 valence electrons. The molecule has 1 saturated heterocycles. The van der Waals surface area contributed by atoms with Crippen LogP contribution in [0.25, 0.3) is 10.8 Å². The zero-order valence-corrected chi connectivity index (χ0v) is 11.5. The molecule has 1 aliphatic rings. The van der Waals surface area contributed by atoms with Crippen molar-refractivity contribution in [1.29, 1.82) is 0 Å². The van der Waals surface area contributed by atoms with Crippen molar-refractivity contribution in [2.45, 2.75) is 12.5 Å². The van der Waals surface area contributed by atoms with Crippen molar-refractivity contribution in [3.05, 3.63) is 42.5 Å². The lowest BCUT2D eigenvalue weighted by molar-refractivity contribution is -0.130. The van der Waals surface area contributed by atoms with Crippen LogP contribution in [-0.2, 0) is 9.53 Å². The molecule has 0 radical (unpaired) electrons. The summed E-state index contributed by atoms with van der Waals surface area (Å²) >= 11 is 0. The van der Waals surface area contributed by atoms with E-state index in [9.17, 15) is 4.79 Å². The Balaban J connectivity index is 1.62. The maximum absolute atomic E-state index is 11.9. The van der Waals surface area contributed by atoms with Crippen molar-refractivity contribution in [3.63, 3.8) is 0 Å². The molecule has 20 heavy (non-hydrogen) atoms. The van der Waals surface area contributed by atoms with Crippen LogP contribution in [0.4, 0.5) is 5.69 Å². The number of hydrogen-bond donors (Lipinski definition) is 2. The topological polar surface area (TPSA) is 50.4 Å². The number of amides is 1. The molecule has 1 heterocycles. The third kappa shape index (κ3) is 2.81. The maximum atomic E-state index is 11.9. The van der Waals surface area contributed by atoms with Crippen molar-refractivity contribution in [2.75, 3.05) is 25.0 Å². The first-order valence-corrected chi connectivity index (χ1v) is 6.78. The minimum atomic E-state index is -0.194. The molecule has 4 nitrogen and oxygen atoms in total. The zero-order valence-electron chi connectivity index (χ0n) is 11.5. The van der Waals surface area contributed by atoms with E-state index in [1.165, 1.54) is 0 Å². The number of anilines is 1. The number of carbonyl (C=O) groups excluding carboxylic acids is 1. The highest BCUT2D eigenvalue weighted by atomic mass is 16.5. The summed E-state index contributed by atoms with van der Waals surface area (Å²) in [6.45, 7) is 3.70. The molecule has 0 aliphatic carbocycles. The Morgan fingerprint density at radius 3 is 2.70 bits per heavy atom. The van der Waals surface area contributed by atoms with Crippen molar-refractivity contribution in [3.8, 4) is 0 Å². The van der Waals surface area contributed by atoms with E-state index < -0.39 is 0 Å². The van der Waals surface area contributed by atoms with Crippen LogP contribution in [0.3, 0.4) is 0 Å². The molecule has 0 spiro atoms. The molecule has 4 heteroatoms. The molecule has 2 aromatic rings. The van der Waals surface area contributed by atoms with Gasteiger partial charge in [0.25, 0.3) is 0 Å². The normalized spacial score (nSPS) is 16.6. The van der Waals surface area contributed by atoms with Crippen LogP contribution in [0.2, 0.25) is 0 Å². The number of nitrogens with one attached hydrogen (secondary N) is 2. The average molecular weight is 270 g/mol. The van der Waals surface area contributed by atoms with E-state index in [2.05, 4.69) is 16.7 Å². The van der Waals surface area contributed by atoms with Crippen LogP contribution in [-0.4, -0.2) is 31.2 Å². The van der Waals surface area contributed by atoms with Gasteiger partial charge >= 0.3 is 0 Å². The van der Waals surface area contributed by atoms with Gasteiger partial charge in [0.2, 0.25) is 5.91 Å². The van der Waals surface area contributed by atoms with Crippen molar-refractivity contribution < 1.29 is 9.53 Å². The van der Waals surface area contributed by atoms with Gasteiger partial charge in [0, 0.05) is 18.8 Å². The smallest absolute Gasteiger partial charge is 0.250 e. The van der Waals surface area contributed by atoms with Gasteiger partial charge in [0.15, 0.2) is 0 Å². The van der Waals surface area contributed by atoms with E-state index in [1.807, 2.05) is 43.3 Å². The second-order valence-corrected chi connectivity index (χ2v) is 5.45. The monoisotopic (exact) mass is 270 g/mol. The lowest BCUT2D eigenvalue weighted by Crippen LogP contribution is -2.59. The fourth-order valence-electron chi connectivity index (χ4n) is 2.28. The zero-order chi connectivity index (χ0) is 14.0. The molecular weight excluding hydrogens is 252 g/mol. The van der Waals surface area contributed by atoms with E-state index >= 15 is 0 Å². The van der Waals surface area contributed by atoms with Gasteiger partial charge in [-0.1, -0.05) is 30.3 Å². The summed E-state index contributed by atoms with van der Waals surface area (Å²) in [6, 6.07) is 14.0. The maximum Gasteiger partial charge on any atom is 0.250 e. The van der Waals surface area contributed by atoms with E-state index in [0.717, 1.165) is 29.5 Å². The summed E-state index contributed by atoms with van der Waals surface area (Å²) in [7, 11) is 0. The fraction of sp³-hybridized carbons (Fsp3) is 0.312. The summed E-state index contributed by atoms with van der Waals surface area (Å²) in [5.41, 5.74) is 0.606. The molecule has 0 unspecified atom stereocenters. The predicted octanol–water partition coefficient (Wildman–Crippen LogP) is 2.16. The summed E-state index contributed by atoms with van der Waals surface area (Å²) < 4.78 is 5.61. The van der Waals surface area contributed by atoms with Gasteiger partial charge in [-0.15, -0.1) is 0 Å². The average Bonchev–Trinajstić information content (AvgIpc) is 2.43. The van der Waals surface area contributed by atoms with Crippen LogP contribution < -0.4 is 10.6 Å². The first kappa shape index (κ1) is 13.1. The Kier molecular flexibility index (Phi) is 3.42. The first-order valence-electron chi connectivity index (χ1n) is 6.78. The number of carbonyl (C=O) groups is 1. The number of rotatable bonds is 4. The van der Waals surface area contributed by atoms with E-state index in [0.29, 0.717) is 0 Å². The molecular formula is C16H18N2O2. The minimum Gasteiger partial charge on any atom is -0.363 e. The molecule has 2 N–H and O–H groups in total. The Labute approximate surface area is 118 Å². The number of fused-ring (bicyclic) bond motifs is 1. The summed E-state index contributed by atoms with van der Waals surface area (Å²) in [5, 5.41) is 8.28. The van der Waals surface area contributed by atoms with Gasteiger partial charge in [-0.3, -0.25) is 4.79 Å². The van der Waals surface area contributed by atoms with E-state index in [4.69, 9.17) is 4.74 Å². The minimum absolute atomic E-state index is 0.0883. The third-order valence-electron chi connectivity index (χ3n) is 3.58. The third-order valence-corrected chi connectivity index (χ3v) is 3.58. The van der Waals surface area contributed by atoms with E-state index in [1.54, 1.807) is 0 Å². The van der Waals surface area contributed by atoms with Crippen molar-refractivity contribution in [2.24, 2.45) is 0 Å². The molecule has 1 aliphatic heterocycles. The summed E-state index contributed by atoms with van der Waals surface area (Å²) in [6.07, 6.45) is 0. The number of ether oxygens (including phenoxy) is 1. The van der Waals surface area contributed by atoms with Crippen molar-refractivity contribution in [1.82, 2.24) is 5.32 Å². The molecule has 1 fully saturated rings. The Morgan fingerprint density at radius 1 is 1.25 bits per heavy atom. The summed E-state index contributed by atoms with van der Waals surface area (Å²) in [5.74, 6) is -0.117. The molecule has 0 bridgehead atoms. The highest BCUT2D eigenvalue weighted by molar-refractivity contribution is 5.95. The molecule has 3 rings (SSSR count). The van der Waals surface area contributed by atoms with Crippen LogP contribution in [0.15, 0.2) is 42.5 Å². The van der Waals surface area contributed by atoms with Gasteiger partial charge in [-0.25, -0.2) is 0 Å². The van der Waals surface area contributed by atoms with Crippen LogP contribution in [0, 0.1) is 0 Å². The first-order chi connectivity index (χ1) is 9.65. The number of hydrogen-bond acceptors (Lipinski definition) is 3. The van der Waals surface area contributed by atoms with E-state index in [-0.39, 0.29) is 18.1 Å². The van der Waals surface area contributed by atoms with Gasteiger partial charge < -0.3 is 15.4 Å². The van der Waals surface area contributed by atoms with Gasteiger partial charge in [0.05, 0.1) is 5.60 Å². The van der Waals surface area contributed by atoms with Gasteiger partial charge in [-0.2, -0.15) is 0 Å². The molecule has 2 aromatic carbocycles. The quantitative estimate of drug-likeness (QED) is 0.895. The lowest BCUT2D eigenvalue weighted by atomic mass is 10.0. The van der Waals surface area contributed by atoms with Crippen LogP contribution in [0.5, 0.6) is 0 Å². The van der Waals surface area contributed by atoms with Crippen LogP contribution in [0.1, 0.15) is 6.92 Å². The van der Waals surface area contributed by atoms with Crippen LogP contribution >= 0.6 is 0 Å². The molecule has 0 aromatic heterocycles. The molecule has 0 saturated carbocycles. The number of benzene rings is 2. The highest BCUT2D eigenvalue weighted by Crippen LogP contribution is 2.19. The SMILES string of the molecule is CC1(OCC(=O)Nc2ccc3ccccc3c2)CNC1. The van der Waals surface area contributed by atoms with Gasteiger partial charge in [0.1, 0.15) is 6.61 Å². The Hall–Kier alpha value is -1.91. The molecule has 0 atom stereocenters. The van der Waals surface area contributed by atoms with Crippen molar-refractivity contribution >= 4 is 22.4 Å². The fourth-order valence-corrected chi connectivity index (χ4v) is 2.28. The largest absolute Gasteiger partial charge is 0.363 e.